The Morgan fingerprint density at radius 3 is 2.38 bits per heavy atom. The molecule has 13 heavy (non-hydrogen) atoms. The highest BCUT2D eigenvalue weighted by atomic mass is 16.4. The maximum atomic E-state index is 10.5. The quantitative estimate of drug-likeness (QED) is 0.682. The lowest BCUT2D eigenvalue weighted by atomic mass is 10.1. The number of hydrogen-bond acceptors (Lipinski definition) is 2. The molecule has 1 aromatic carbocycles. The van der Waals surface area contributed by atoms with Gasteiger partial charge in [0.25, 0.3) is 0 Å². The zero-order valence-electron chi connectivity index (χ0n) is 6.97. The van der Waals surface area contributed by atoms with Crippen molar-refractivity contribution >= 4 is 12.0 Å². The summed E-state index contributed by atoms with van der Waals surface area (Å²) in [7, 11) is 0. The fourth-order valence-corrected chi connectivity index (χ4v) is 0.925. The summed E-state index contributed by atoms with van der Waals surface area (Å²) in [6, 6.07) is 9.01. The third-order valence-electron chi connectivity index (χ3n) is 1.59. The summed E-state index contributed by atoms with van der Waals surface area (Å²) in [5, 5.41) is 17.3. The SMILES string of the molecule is O=C(O)/C(=C/c1ccccc1)CO. The van der Waals surface area contributed by atoms with Gasteiger partial charge in [-0.2, -0.15) is 0 Å². The first kappa shape index (κ1) is 9.48. The van der Waals surface area contributed by atoms with E-state index in [-0.39, 0.29) is 5.57 Å². The van der Waals surface area contributed by atoms with Crippen LogP contribution in [0.2, 0.25) is 0 Å². The van der Waals surface area contributed by atoms with Gasteiger partial charge in [0.15, 0.2) is 0 Å². The van der Waals surface area contributed by atoms with Crippen LogP contribution in [0.15, 0.2) is 35.9 Å². The molecule has 0 aliphatic carbocycles. The maximum absolute atomic E-state index is 10.5. The van der Waals surface area contributed by atoms with E-state index in [0.717, 1.165) is 5.56 Å². The average Bonchev–Trinajstić information content (AvgIpc) is 2.15. The number of aliphatic hydroxyl groups is 1. The van der Waals surface area contributed by atoms with E-state index in [4.69, 9.17) is 10.2 Å². The Kier molecular flexibility index (Phi) is 3.23. The molecule has 0 aliphatic rings. The Hall–Kier alpha value is -1.61. The molecule has 0 radical (unpaired) electrons. The number of rotatable bonds is 3. The van der Waals surface area contributed by atoms with Gasteiger partial charge in [-0.25, -0.2) is 4.79 Å². The normalized spacial score (nSPS) is 11.3. The molecule has 1 rings (SSSR count). The van der Waals surface area contributed by atoms with Gasteiger partial charge in [0.1, 0.15) is 0 Å². The third-order valence-corrected chi connectivity index (χ3v) is 1.59. The Labute approximate surface area is 76.0 Å². The predicted molar refractivity (Wildman–Crippen MR) is 49.1 cm³/mol. The molecule has 0 bridgehead atoms. The minimum atomic E-state index is -1.09. The second-order valence-electron chi connectivity index (χ2n) is 2.54. The van der Waals surface area contributed by atoms with Crippen LogP contribution in [-0.2, 0) is 4.79 Å². The molecule has 1 aromatic rings. The third kappa shape index (κ3) is 2.72. The molecule has 0 amide bonds. The van der Waals surface area contributed by atoms with Gasteiger partial charge in [-0.3, -0.25) is 0 Å². The Bertz CT molecular complexity index is 314. The van der Waals surface area contributed by atoms with Gasteiger partial charge in [0.05, 0.1) is 12.2 Å². The first-order valence-electron chi connectivity index (χ1n) is 3.84. The molecular formula is C10H10O3. The van der Waals surface area contributed by atoms with Crippen molar-refractivity contribution in [3.63, 3.8) is 0 Å². The summed E-state index contributed by atoms with van der Waals surface area (Å²) in [5.74, 6) is -1.09. The summed E-state index contributed by atoms with van der Waals surface area (Å²) in [6.07, 6.45) is 1.45. The number of carboxylic acids is 1. The van der Waals surface area contributed by atoms with E-state index in [0.29, 0.717) is 0 Å². The van der Waals surface area contributed by atoms with Gasteiger partial charge in [0, 0.05) is 0 Å². The minimum absolute atomic E-state index is 0.00815. The van der Waals surface area contributed by atoms with Gasteiger partial charge >= 0.3 is 5.97 Å². The largest absolute Gasteiger partial charge is 0.478 e. The van der Waals surface area contributed by atoms with Gasteiger partial charge in [0.2, 0.25) is 0 Å². The zero-order valence-corrected chi connectivity index (χ0v) is 6.97. The van der Waals surface area contributed by atoms with Crippen molar-refractivity contribution < 1.29 is 15.0 Å². The molecular weight excluding hydrogens is 168 g/mol. The van der Waals surface area contributed by atoms with E-state index in [1.54, 1.807) is 12.1 Å². The van der Waals surface area contributed by atoms with E-state index < -0.39 is 12.6 Å². The topological polar surface area (TPSA) is 57.5 Å². The van der Waals surface area contributed by atoms with Crippen molar-refractivity contribution in [3.8, 4) is 0 Å². The number of carboxylic acid groups (broad SMARTS) is 1. The second kappa shape index (κ2) is 4.42. The Balaban J connectivity index is 2.92. The summed E-state index contributed by atoms with van der Waals surface area (Å²) < 4.78 is 0. The van der Waals surface area contributed by atoms with Crippen molar-refractivity contribution in [1.29, 1.82) is 0 Å². The van der Waals surface area contributed by atoms with Crippen molar-refractivity contribution in [2.45, 2.75) is 0 Å². The van der Waals surface area contributed by atoms with E-state index in [1.807, 2.05) is 18.2 Å². The molecule has 0 saturated heterocycles. The van der Waals surface area contributed by atoms with Crippen LogP contribution in [0, 0.1) is 0 Å². The number of benzene rings is 1. The maximum Gasteiger partial charge on any atom is 0.333 e. The van der Waals surface area contributed by atoms with Crippen molar-refractivity contribution in [1.82, 2.24) is 0 Å². The highest BCUT2D eigenvalue weighted by Gasteiger charge is 2.04. The van der Waals surface area contributed by atoms with Crippen LogP contribution in [-0.4, -0.2) is 22.8 Å². The molecule has 0 fully saturated rings. The van der Waals surface area contributed by atoms with Crippen LogP contribution in [0.3, 0.4) is 0 Å². The molecule has 0 aromatic heterocycles. The average molecular weight is 178 g/mol. The molecule has 0 unspecified atom stereocenters. The summed E-state index contributed by atoms with van der Waals surface area (Å²) in [5.41, 5.74) is 0.764. The van der Waals surface area contributed by atoms with E-state index >= 15 is 0 Å². The number of hydrogen-bond donors (Lipinski definition) is 2. The molecule has 0 spiro atoms. The minimum Gasteiger partial charge on any atom is -0.478 e. The highest BCUT2D eigenvalue weighted by Crippen LogP contribution is 2.05. The molecule has 0 heterocycles. The molecule has 0 aliphatic heterocycles. The first-order chi connectivity index (χ1) is 6.24. The van der Waals surface area contributed by atoms with E-state index in [2.05, 4.69) is 0 Å². The van der Waals surface area contributed by atoms with Crippen LogP contribution >= 0.6 is 0 Å². The molecule has 68 valence electrons. The fourth-order valence-electron chi connectivity index (χ4n) is 0.925. The standard InChI is InChI=1S/C10H10O3/c11-7-9(10(12)13)6-8-4-2-1-3-5-8/h1-6,11H,7H2,(H,12,13)/b9-6+. The second-order valence-corrected chi connectivity index (χ2v) is 2.54. The Morgan fingerprint density at radius 1 is 1.31 bits per heavy atom. The van der Waals surface area contributed by atoms with E-state index in [9.17, 15) is 4.79 Å². The van der Waals surface area contributed by atoms with Crippen molar-refractivity contribution in [2.24, 2.45) is 0 Å². The number of aliphatic carboxylic acids is 1. The van der Waals surface area contributed by atoms with Gasteiger partial charge in [-0.05, 0) is 11.6 Å². The van der Waals surface area contributed by atoms with Crippen LogP contribution in [0.1, 0.15) is 5.56 Å². The first-order valence-corrected chi connectivity index (χ1v) is 3.84. The fraction of sp³-hybridized carbons (Fsp3) is 0.100. The van der Waals surface area contributed by atoms with Crippen LogP contribution < -0.4 is 0 Å². The predicted octanol–water partition coefficient (Wildman–Crippen LogP) is 1.15. The highest BCUT2D eigenvalue weighted by molar-refractivity contribution is 5.92. The molecule has 0 atom stereocenters. The van der Waals surface area contributed by atoms with Gasteiger partial charge in [-0.1, -0.05) is 30.3 Å². The monoisotopic (exact) mass is 178 g/mol. The summed E-state index contributed by atoms with van der Waals surface area (Å²) in [4.78, 5) is 10.5. The Morgan fingerprint density at radius 2 is 1.92 bits per heavy atom. The van der Waals surface area contributed by atoms with Crippen molar-refractivity contribution in [2.75, 3.05) is 6.61 Å². The smallest absolute Gasteiger partial charge is 0.333 e. The number of aliphatic hydroxyl groups excluding tert-OH is 1. The van der Waals surface area contributed by atoms with E-state index in [1.165, 1.54) is 6.08 Å². The van der Waals surface area contributed by atoms with Crippen LogP contribution in [0.4, 0.5) is 0 Å². The lowest BCUT2D eigenvalue weighted by Crippen LogP contribution is -2.04. The molecule has 0 saturated carbocycles. The van der Waals surface area contributed by atoms with Crippen molar-refractivity contribution in [3.05, 3.63) is 41.5 Å². The lowest BCUT2D eigenvalue weighted by Gasteiger charge is -1.96. The summed E-state index contributed by atoms with van der Waals surface area (Å²) >= 11 is 0. The summed E-state index contributed by atoms with van der Waals surface area (Å²) in [6.45, 7) is -0.454. The van der Waals surface area contributed by atoms with Gasteiger partial charge < -0.3 is 10.2 Å². The lowest BCUT2D eigenvalue weighted by molar-refractivity contribution is -0.133. The van der Waals surface area contributed by atoms with Crippen LogP contribution in [0.5, 0.6) is 0 Å². The number of carbonyl (C=O) groups is 1. The van der Waals surface area contributed by atoms with Crippen LogP contribution in [0.25, 0.3) is 6.08 Å². The van der Waals surface area contributed by atoms with Gasteiger partial charge in [-0.15, -0.1) is 0 Å². The molecule has 3 nitrogen and oxygen atoms in total. The molecule has 2 N–H and O–H groups in total. The zero-order chi connectivity index (χ0) is 9.68. The molecule has 3 heteroatoms.